The van der Waals surface area contributed by atoms with Crippen molar-refractivity contribution in [1.29, 1.82) is 0 Å². The summed E-state index contributed by atoms with van der Waals surface area (Å²) in [5, 5.41) is 3.24. The first-order chi connectivity index (χ1) is 10.1. The molecule has 2 atom stereocenters. The minimum Gasteiger partial charge on any atom is -0.319 e. The predicted octanol–water partition coefficient (Wildman–Crippen LogP) is 3.10. The normalized spacial score (nSPS) is 18.0. The molecule has 0 bridgehead atoms. The van der Waals surface area contributed by atoms with E-state index in [0.29, 0.717) is 11.8 Å². The Hall–Kier alpha value is -1.74. The molecule has 1 aliphatic carbocycles. The second-order valence-electron chi connectivity index (χ2n) is 6.08. The zero-order valence-corrected chi connectivity index (χ0v) is 13.3. The fourth-order valence-corrected chi connectivity index (χ4v) is 3.52. The van der Waals surface area contributed by atoms with Gasteiger partial charge in [0.1, 0.15) is 5.82 Å². The van der Waals surface area contributed by atoms with E-state index in [2.05, 4.69) is 50.4 Å². The van der Waals surface area contributed by atoms with Crippen molar-refractivity contribution in [2.24, 2.45) is 0 Å². The minimum absolute atomic E-state index is 0.382. The summed E-state index contributed by atoms with van der Waals surface area (Å²) in [6.07, 6.45) is 1.07. The number of fused-ring (bicyclic) bond motifs is 1. The van der Waals surface area contributed by atoms with Gasteiger partial charge < -0.3 is 5.32 Å². The Bertz CT molecular complexity index is 640. The Morgan fingerprint density at radius 1 is 1.19 bits per heavy atom. The van der Waals surface area contributed by atoms with E-state index in [9.17, 15) is 0 Å². The summed E-state index contributed by atoms with van der Waals surface area (Å²) in [4.78, 5) is 9.64. The molecule has 1 aliphatic rings. The van der Waals surface area contributed by atoms with Crippen molar-refractivity contribution in [3.8, 4) is 0 Å². The number of aromatic nitrogens is 2. The molecule has 3 rings (SSSR count). The molecule has 1 aromatic carbocycles. The molecule has 0 amide bonds. The number of hydrogen-bond acceptors (Lipinski definition) is 3. The number of hydrogen-bond donors (Lipinski definition) is 1. The van der Waals surface area contributed by atoms with E-state index in [4.69, 9.17) is 9.97 Å². The summed E-state index contributed by atoms with van der Waals surface area (Å²) < 4.78 is 0. The van der Waals surface area contributed by atoms with Crippen molar-refractivity contribution >= 4 is 0 Å². The molecule has 21 heavy (non-hydrogen) atoms. The van der Waals surface area contributed by atoms with Crippen LogP contribution in [0.5, 0.6) is 0 Å². The van der Waals surface area contributed by atoms with Crippen LogP contribution in [0.2, 0.25) is 0 Å². The highest BCUT2D eigenvalue weighted by molar-refractivity contribution is 5.44. The zero-order valence-electron chi connectivity index (χ0n) is 13.3. The van der Waals surface area contributed by atoms with Gasteiger partial charge in [0.05, 0.1) is 0 Å². The van der Waals surface area contributed by atoms with Crippen LogP contribution in [0, 0.1) is 13.8 Å². The number of aryl methyl sites for hydroxylation is 2. The monoisotopic (exact) mass is 281 g/mol. The maximum Gasteiger partial charge on any atom is 0.136 e. The topological polar surface area (TPSA) is 37.8 Å². The fraction of sp³-hybridized carbons (Fsp3) is 0.444. The first-order valence-corrected chi connectivity index (χ1v) is 7.69. The lowest BCUT2D eigenvalue weighted by atomic mass is 9.77. The Morgan fingerprint density at radius 3 is 2.48 bits per heavy atom. The van der Waals surface area contributed by atoms with Gasteiger partial charge in [-0.3, -0.25) is 0 Å². The van der Waals surface area contributed by atoms with Crippen molar-refractivity contribution in [3.63, 3.8) is 0 Å². The van der Waals surface area contributed by atoms with Crippen molar-refractivity contribution < 1.29 is 0 Å². The highest BCUT2D eigenvalue weighted by Crippen LogP contribution is 2.39. The Labute approximate surface area is 126 Å². The molecule has 0 saturated carbocycles. The standard InChI is InChI=1S/C18H23N3/c1-11(10-19-4)17-12(2)20-18(21-13(17)3)16-9-14-7-5-6-8-15(14)16/h5-8,11,16,19H,9-10H2,1-4H3. The minimum atomic E-state index is 0.382. The first-order valence-electron chi connectivity index (χ1n) is 7.69. The molecule has 0 saturated heterocycles. The Balaban J connectivity index is 1.93. The summed E-state index contributed by atoms with van der Waals surface area (Å²) in [6, 6.07) is 8.62. The Morgan fingerprint density at radius 2 is 1.86 bits per heavy atom. The Kier molecular flexibility index (Phi) is 3.77. The van der Waals surface area contributed by atoms with Gasteiger partial charge in [-0.2, -0.15) is 0 Å². The number of nitrogens with one attached hydrogen (secondary N) is 1. The first kappa shape index (κ1) is 14.2. The van der Waals surface area contributed by atoms with Crippen LogP contribution in [0.15, 0.2) is 24.3 Å². The van der Waals surface area contributed by atoms with Gasteiger partial charge in [-0.25, -0.2) is 9.97 Å². The van der Waals surface area contributed by atoms with Gasteiger partial charge in [-0.15, -0.1) is 0 Å². The van der Waals surface area contributed by atoms with Crippen LogP contribution in [0.1, 0.15) is 52.7 Å². The van der Waals surface area contributed by atoms with Gasteiger partial charge in [0.25, 0.3) is 0 Å². The molecular formula is C18H23N3. The molecule has 0 aliphatic heterocycles. The SMILES string of the molecule is CNCC(C)c1c(C)nc(C2Cc3ccccc32)nc1C. The van der Waals surface area contributed by atoms with Gasteiger partial charge in [0.15, 0.2) is 0 Å². The molecule has 2 aromatic rings. The molecule has 0 fully saturated rings. The highest BCUT2D eigenvalue weighted by Gasteiger charge is 2.30. The van der Waals surface area contributed by atoms with Crippen LogP contribution < -0.4 is 5.32 Å². The van der Waals surface area contributed by atoms with Gasteiger partial charge in [0.2, 0.25) is 0 Å². The zero-order chi connectivity index (χ0) is 15.0. The largest absolute Gasteiger partial charge is 0.319 e. The predicted molar refractivity (Wildman–Crippen MR) is 85.8 cm³/mol. The van der Waals surface area contributed by atoms with Gasteiger partial charge in [0, 0.05) is 23.9 Å². The lowest BCUT2D eigenvalue weighted by Crippen LogP contribution is -2.23. The van der Waals surface area contributed by atoms with E-state index in [1.54, 1.807) is 0 Å². The van der Waals surface area contributed by atoms with Gasteiger partial charge in [-0.05, 0) is 49.9 Å². The molecular weight excluding hydrogens is 258 g/mol. The van der Waals surface area contributed by atoms with Crippen LogP contribution in [0.3, 0.4) is 0 Å². The van der Waals surface area contributed by atoms with Gasteiger partial charge >= 0.3 is 0 Å². The molecule has 1 heterocycles. The third kappa shape index (κ3) is 2.46. The average molecular weight is 281 g/mol. The molecule has 1 aromatic heterocycles. The van der Waals surface area contributed by atoms with Crippen LogP contribution in [-0.4, -0.2) is 23.6 Å². The second kappa shape index (κ2) is 5.57. The number of rotatable bonds is 4. The summed E-state index contributed by atoms with van der Waals surface area (Å²) in [5.41, 5.74) is 6.39. The second-order valence-corrected chi connectivity index (χ2v) is 6.08. The lowest BCUT2D eigenvalue weighted by molar-refractivity contribution is 0.628. The molecule has 3 heteroatoms. The molecule has 2 unspecified atom stereocenters. The third-order valence-corrected chi connectivity index (χ3v) is 4.51. The number of likely N-dealkylation sites (N-methyl/N-ethyl adjacent to an activating group) is 1. The maximum atomic E-state index is 4.82. The van der Waals surface area contributed by atoms with E-state index in [0.717, 1.165) is 30.2 Å². The van der Waals surface area contributed by atoms with E-state index < -0.39 is 0 Å². The van der Waals surface area contributed by atoms with Crippen molar-refractivity contribution in [2.75, 3.05) is 13.6 Å². The van der Waals surface area contributed by atoms with Gasteiger partial charge in [-0.1, -0.05) is 31.2 Å². The number of benzene rings is 1. The smallest absolute Gasteiger partial charge is 0.136 e. The summed E-state index contributed by atoms with van der Waals surface area (Å²) in [5.74, 6) is 1.81. The number of nitrogens with zero attached hydrogens (tertiary/aromatic N) is 2. The van der Waals surface area contributed by atoms with Crippen LogP contribution >= 0.6 is 0 Å². The van der Waals surface area contributed by atoms with E-state index in [1.807, 2.05) is 7.05 Å². The molecule has 110 valence electrons. The maximum absolute atomic E-state index is 4.82. The van der Waals surface area contributed by atoms with Crippen molar-refractivity contribution in [1.82, 2.24) is 15.3 Å². The van der Waals surface area contributed by atoms with E-state index in [1.165, 1.54) is 16.7 Å². The third-order valence-electron chi connectivity index (χ3n) is 4.51. The van der Waals surface area contributed by atoms with Crippen LogP contribution in [0.4, 0.5) is 0 Å². The average Bonchev–Trinajstić information content (AvgIpc) is 2.40. The summed E-state index contributed by atoms with van der Waals surface area (Å²) in [6.45, 7) is 7.42. The van der Waals surface area contributed by atoms with Crippen molar-refractivity contribution in [3.05, 3.63) is 58.2 Å². The fourth-order valence-electron chi connectivity index (χ4n) is 3.52. The summed E-state index contributed by atoms with van der Waals surface area (Å²) >= 11 is 0. The van der Waals surface area contributed by atoms with Crippen LogP contribution in [0.25, 0.3) is 0 Å². The molecule has 0 spiro atoms. The van der Waals surface area contributed by atoms with E-state index in [-0.39, 0.29) is 0 Å². The highest BCUT2D eigenvalue weighted by atomic mass is 14.9. The summed E-state index contributed by atoms with van der Waals surface area (Å²) in [7, 11) is 1.99. The lowest BCUT2D eigenvalue weighted by Gasteiger charge is -2.29. The molecule has 1 N–H and O–H groups in total. The molecule has 0 radical (unpaired) electrons. The van der Waals surface area contributed by atoms with E-state index >= 15 is 0 Å². The quantitative estimate of drug-likeness (QED) is 0.935. The molecule has 3 nitrogen and oxygen atoms in total. The van der Waals surface area contributed by atoms with Crippen LogP contribution in [-0.2, 0) is 6.42 Å². The van der Waals surface area contributed by atoms with Crippen molar-refractivity contribution in [2.45, 2.75) is 39.0 Å².